The summed E-state index contributed by atoms with van der Waals surface area (Å²) >= 11 is 1.54. The van der Waals surface area contributed by atoms with Gasteiger partial charge in [0.15, 0.2) is 0 Å². The summed E-state index contributed by atoms with van der Waals surface area (Å²) in [6, 6.07) is 14.6. The molecule has 1 heterocycles. The van der Waals surface area contributed by atoms with Crippen molar-refractivity contribution in [3.05, 3.63) is 65.2 Å². The maximum Gasteiger partial charge on any atom is 0.259 e. The molecule has 3 rings (SSSR count). The molecule has 0 unspecified atom stereocenters. The Morgan fingerprint density at radius 3 is 2.54 bits per heavy atom. The average molecular weight is 340 g/mol. The Balaban J connectivity index is 1.61. The number of benzene rings is 2. The van der Waals surface area contributed by atoms with Crippen molar-refractivity contribution >= 4 is 35.2 Å². The van der Waals surface area contributed by atoms with Gasteiger partial charge in [-0.05, 0) is 30.7 Å². The average Bonchev–Trinajstić information content (AvgIpc) is 2.87. The number of hydrogen-bond donors (Lipinski definition) is 2. The highest BCUT2D eigenvalue weighted by Crippen LogP contribution is 2.22. The van der Waals surface area contributed by atoms with Gasteiger partial charge in [0.05, 0.1) is 16.4 Å². The van der Waals surface area contributed by atoms with Gasteiger partial charge in [-0.1, -0.05) is 30.3 Å². The predicted molar refractivity (Wildman–Crippen MR) is 94.1 cm³/mol. The molecule has 24 heavy (non-hydrogen) atoms. The first-order valence-corrected chi connectivity index (χ1v) is 8.55. The first-order valence-electron chi connectivity index (χ1n) is 7.51. The number of amides is 3. The van der Waals surface area contributed by atoms with Crippen molar-refractivity contribution in [3.63, 3.8) is 0 Å². The van der Waals surface area contributed by atoms with Crippen LogP contribution >= 0.6 is 11.8 Å². The Hall–Kier alpha value is -2.60. The van der Waals surface area contributed by atoms with Crippen LogP contribution in [0.1, 0.15) is 33.2 Å². The molecule has 2 aromatic carbocycles. The summed E-state index contributed by atoms with van der Waals surface area (Å²) in [5.74, 6) is -0.228. The number of carbonyl (C=O) groups excluding carboxylic acids is 3. The lowest BCUT2D eigenvalue weighted by Gasteiger charge is -2.12. The van der Waals surface area contributed by atoms with Crippen molar-refractivity contribution in [2.75, 3.05) is 5.32 Å². The fourth-order valence-electron chi connectivity index (χ4n) is 2.36. The Morgan fingerprint density at radius 1 is 1.08 bits per heavy atom. The van der Waals surface area contributed by atoms with Gasteiger partial charge in [0.2, 0.25) is 5.91 Å². The number of imide groups is 1. The third kappa shape index (κ3) is 3.49. The predicted octanol–water partition coefficient (Wildman–Crippen LogP) is 2.83. The van der Waals surface area contributed by atoms with Gasteiger partial charge in [0, 0.05) is 11.4 Å². The summed E-state index contributed by atoms with van der Waals surface area (Å²) in [4.78, 5) is 35.5. The highest BCUT2D eigenvalue weighted by molar-refractivity contribution is 7.99. The minimum Gasteiger partial charge on any atom is -0.325 e. The molecular formula is C18H16N2O3S. The van der Waals surface area contributed by atoms with Crippen molar-refractivity contribution in [2.24, 2.45) is 0 Å². The van der Waals surface area contributed by atoms with Gasteiger partial charge in [0.25, 0.3) is 11.8 Å². The molecule has 0 bridgehead atoms. The lowest BCUT2D eigenvalue weighted by Crippen LogP contribution is -2.22. The standard InChI is InChI=1S/C18H16N2O3S/c1-11(24-10-12-5-3-2-4-6-12)16(21)19-13-7-8-14-15(9-13)18(23)20-17(14)22/h2-9,11H,10H2,1H3,(H,19,21)(H,20,22,23)/t11-/m1/s1. The van der Waals surface area contributed by atoms with Crippen LogP contribution < -0.4 is 10.6 Å². The quantitative estimate of drug-likeness (QED) is 0.821. The molecule has 0 fully saturated rings. The van der Waals surface area contributed by atoms with Crippen LogP contribution in [0.5, 0.6) is 0 Å². The van der Waals surface area contributed by atoms with Crippen molar-refractivity contribution in [1.82, 2.24) is 5.32 Å². The van der Waals surface area contributed by atoms with Gasteiger partial charge in [-0.25, -0.2) is 0 Å². The van der Waals surface area contributed by atoms with Crippen LogP contribution in [0.2, 0.25) is 0 Å². The Kier molecular flexibility index (Phi) is 4.66. The molecule has 0 aromatic heterocycles. The van der Waals surface area contributed by atoms with Crippen LogP contribution in [0.3, 0.4) is 0 Å². The molecule has 0 radical (unpaired) electrons. The van der Waals surface area contributed by atoms with Crippen molar-refractivity contribution in [2.45, 2.75) is 17.9 Å². The van der Waals surface area contributed by atoms with E-state index >= 15 is 0 Å². The molecule has 0 aliphatic carbocycles. The van der Waals surface area contributed by atoms with E-state index in [4.69, 9.17) is 0 Å². The molecule has 2 aromatic rings. The SMILES string of the molecule is C[C@@H](SCc1ccccc1)C(=O)Nc1ccc2c(c1)C(=O)NC2=O. The minimum absolute atomic E-state index is 0.138. The van der Waals surface area contributed by atoms with E-state index in [1.165, 1.54) is 17.8 Å². The van der Waals surface area contributed by atoms with E-state index in [1.807, 2.05) is 37.3 Å². The van der Waals surface area contributed by atoms with E-state index in [9.17, 15) is 14.4 Å². The summed E-state index contributed by atoms with van der Waals surface area (Å²) in [6.07, 6.45) is 0. The molecular weight excluding hydrogens is 324 g/mol. The Bertz CT molecular complexity index is 805. The molecule has 3 amide bonds. The Labute approximate surface area is 143 Å². The molecule has 0 saturated carbocycles. The number of rotatable bonds is 5. The zero-order valence-corrected chi connectivity index (χ0v) is 13.9. The maximum atomic E-state index is 12.3. The van der Waals surface area contributed by atoms with Gasteiger partial charge in [-0.2, -0.15) is 0 Å². The van der Waals surface area contributed by atoms with E-state index in [2.05, 4.69) is 10.6 Å². The van der Waals surface area contributed by atoms with E-state index in [1.54, 1.807) is 12.1 Å². The van der Waals surface area contributed by atoms with Gasteiger partial charge < -0.3 is 5.32 Å². The van der Waals surface area contributed by atoms with E-state index < -0.39 is 11.8 Å². The smallest absolute Gasteiger partial charge is 0.259 e. The van der Waals surface area contributed by atoms with Crippen molar-refractivity contribution in [1.29, 1.82) is 0 Å². The van der Waals surface area contributed by atoms with Gasteiger partial charge in [0.1, 0.15) is 0 Å². The van der Waals surface area contributed by atoms with Crippen LogP contribution in [0.25, 0.3) is 0 Å². The lowest BCUT2D eigenvalue weighted by molar-refractivity contribution is -0.115. The molecule has 122 valence electrons. The monoisotopic (exact) mass is 340 g/mol. The number of fused-ring (bicyclic) bond motifs is 1. The largest absolute Gasteiger partial charge is 0.325 e. The van der Waals surface area contributed by atoms with Crippen LogP contribution in [0.4, 0.5) is 5.69 Å². The molecule has 2 N–H and O–H groups in total. The van der Waals surface area contributed by atoms with Crippen LogP contribution in [-0.2, 0) is 10.5 Å². The number of hydrogen-bond acceptors (Lipinski definition) is 4. The summed E-state index contributed by atoms with van der Waals surface area (Å²) in [7, 11) is 0. The first-order chi connectivity index (χ1) is 11.5. The molecule has 1 aliphatic heterocycles. The molecule has 1 atom stereocenters. The van der Waals surface area contributed by atoms with E-state index in [-0.39, 0.29) is 11.2 Å². The van der Waals surface area contributed by atoms with Crippen LogP contribution in [-0.4, -0.2) is 23.0 Å². The normalized spacial score (nSPS) is 14.0. The zero-order chi connectivity index (χ0) is 17.1. The number of thioether (sulfide) groups is 1. The highest BCUT2D eigenvalue weighted by atomic mass is 32.2. The van der Waals surface area contributed by atoms with E-state index in [0.29, 0.717) is 16.8 Å². The van der Waals surface area contributed by atoms with Crippen LogP contribution in [0, 0.1) is 0 Å². The third-order valence-corrected chi connectivity index (χ3v) is 4.93. The lowest BCUT2D eigenvalue weighted by atomic mass is 10.1. The second-order valence-corrected chi connectivity index (χ2v) is 6.80. The fourth-order valence-corrected chi connectivity index (χ4v) is 3.21. The molecule has 6 heteroatoms. The Morgan fingerprint density at radius 2 is 1.79 bits per heavy atom. The zero-order valence-electron chi connectivity index (χ0n) is 13.0. The number of carbonyl (C=O) groups is 3. The second-order valence-electron chi connectivity index (χ2n) is 5.47. The van der Waals surface area contributed by atoms with Crippen molar-refractivity contribution in [3.8, 4) is 0 Å². The highest BCUT2D eigenvalue weighted by Gasteiger charge is 2.27. The topological polar surface area (TPSA) is 75.3 Å². The number of anilines is 1. The third-order valence-electron chi connectivity index (χ3n) is 3.72. The summed E-state index contributed by atoms with van der Waals surface area (Å²) in [5.41, 5.74) is 2.30. The number of nitrogens with one attached hydrogen (secondary N) is 2. The summed E-state index contributed by atoms with van der Waals surface area (Å²) in [6.45, 7) is 1.84. The van der Waals surface area contributed by atoms with Gasteiger partial charge >= 0.3 is 0 Å². The van der Waals surface area contributed by atoms with E-state index in [0.717, 1.165) is 11.3 Å². The maximum absolute atomic E-state index is 12.3. The van der Waals surface area contributed by atoms with Gasteiger partial charge in [-0.15, -0.1) is 11.8 Å². The second kappa shape index (κ2) is 6.88. The summed E-state index contributed by atoms with van der Waals surface area (Å²) < 4.78 is 0. The molecule has 0 saturated heterocycles. The summed E-state index contributed by atoms with van der Waals surface area (Å²) in [5, 5.41) is 4.78. The fraction of sp³-hybridized carbons (Fsp3) is 0.167. The molecule has 5 nitrogen and oxygen atoms in total. The minimum atomic E-state index is -0.433. The molecule has 1 aliphatic rings. The van der Waals surface area contributed by atoms with Crippen LogP contribution in [0.15, 0.2) is 48.5 Å². The van der Waals surface area contributed by atoms with Gasteiger partial charge in [-0.3, -0.25) is 19.7 Å². The van der Waals surface area contributed by atoms with Crippen molar-refractivity contribution < 1.29 is 14.4 Å². The molecule has 0 spiro atoms. The first kappa shape index (κ1) is 16.3.